The van der Waals surface area contributed by atoms with Crippen LogP contribution in [0.3, 0.4) is 0 Å². The zero-order valence-electron chi connectivity index (χ0n) is 22.9. The second-order valence-electron chi connectivity index (χ2n) is 10.7. The summed E-state index contributed by atoms with van der Waals surface area (Å²) in [5.74, 6) is 6.15. The van der Waals surface area contributed by atoms with E-state index < -0.39 is 22.0 Å². The molecule has 3 N–H and O–H groups in total. The molecule has 0 saturated carbocycles. The van der Waals surface area contributed by atoms with E-state index in [1.54, 1.807) is 12.1 Å². The molecule has 1 unspecified atom stereocenters. The molecule has 2 atom stereocenters. The van der Waals surface area contributed by atoms with Crippen LogP contribution in [0.1, 0.15) is 61.4 Å². The van der Waals surface area contributed by atoms with Crippen LogP contribution in [0.15, 0.2) is 47.4 Å². The minimum Gasteiger partial charge on any atom is -0.353 e. The van der Waals surface area contributed by atoms with Gasteiger partial charge in [-0.2, -0.15) is 4.31 Å². The summed E-state index contributed by atoms with van der Waals surface area (Å²) in [5, 5.41) is 9.09. The Hall–Kier alpha value is -3.19. The monoisotopic (exact) mass is 550 g/mol. The first-order valence-corrected chi connectivity index (χ1v) is 15.1. The number of nitrogens with one attached hydrogen (secondary N) is 3. The number of benzene rings is 2. The average molecular weight is 551 g/mol. The summed E-state index contributed by atoms with van der Waals surface area (Å²) in [6.45, 7) is 8.08. The number of piperazine rings is 1. The predicted octanol–water partition coefficient (Wildman–Crippen LogP) is 2.67. The van der Waals surface area contributed by atoms with Gasteiger partial charge in [0.2, 0.25) is 21.8 Å². The number of fused-ring (bicyclic) bond motifs is 1. The Labute approximate surface area is 232 Å². The maximum atomic E-state index is 13.4. The normalized spacial score (nSPS) is 19.5. The van der Waals surface area contributed by atoms with E-state index in [0.717, 1.165) is 52.4 Å². The average Bonchev–Trinajstić information content (AvgIpc) is 2.89. The van der Waals surface area contributed by atoms with Crippen LogP contribution < -0.4 is 16.0 Å². The van der Waals surface area contributed by atoms with Crippen LogP contribution in [0.25, 0.3) is 0 Å². The first-order chi connectivity index (χ1) is 18.6. The van der Waals surface area contributed by atoms with Gasteiger partial charge in [0.05, 0.1) is 23.9 Å². The summed E-state index contributed by atoms with van der Waals surface area (Å²) in [6.07, 6.45) is 2.37. The van der Waals surface area contributed by atoms with E-state index in [-0.39, 0.29) is 36.4 Å². The van der Waals surface area contributed by atoms with Gasteiger partial charge in [-0.1, -0.05) is 49.5 Å². The molecule has 1 heterocycles. The molecule has 4 rings (SSSR count). The summed E-state index contributed by atoms with van der Waals surface area (Å²) < 4.78 is 27.9. The first-order valence-electron chi connectivity index (χ1n) is 13.6. The van der Waals surface area contributed by atoms with Crippen LogP contribution in [0.4, 0.5) is 0 Å². The topological polar surface area (TPSA) is 108 Å². The molecule has 2 amide bonds. The first kappa shape index (κ1) is 28.8. The fourth-order valence-electron chi connectivity index (χ4n) is 5.06. The van der Waals surface area contributed by atoms with E-state index in [0.29, 0.717) is 12.5 Å². The van der Waals surface area contributed by atoms with Crippen molar-refractivity contribution in [1.29, 1.82) is 0 Å². The number of carbonyl (C=O) groups excluding carboxylic acids is 2. The van der Waals surface area contributed by atoms with Crippen molar-refractivity contribution in [3.05, 3.63) is 64.7 Å². The second-order valence-corrected chi connectivity index (χ2v) is 12.6. The number of nitrogens with zero attached hydrogens (tertiary/aromatic N) is 1. The third-order valence-corrected chi connectivity index (χ3v) is 9.00. The van der Waals surface area contributed by atoms with Crippen LogP contribution in [-0.2, 0) is 26.0 Å². The SMILES string of the molecule is Cc1ccc(S(=O)(=O)N2CCNC(=O)C2CC(=O)N[C@@H]2CCCc3cc(C#CCNCC(C)C)ccc32)cc1. The summed E-state index contributed by atoms with van der Waals surface area (Å²) in [5.41, 5.74) is 4.09. The minimum atomic E-state index is -3.93. The molecule has 1 saturated heterocycles. The molecule has 2 aliphatic rings. The van der Waals surface area contributed by atoms with Crippen LogP contribution >= 0.6 is 0 Å². The highest BCUT2D eigenvalue weighted by Gasteiger charge is 2.40. The molecule has 1 aliphatic heterocycles. The van der Waals surface area contributed by atoms with E-state index >= 15 is 0 Å². The molecule has 8 nitrogen and oxygen atoms in total. The van der Waals surface area contributed by atoms with E-state index in [2.05, 4.69) is 47.7 Å². The Morgan fingerprint density at radius 2 is 1.95 bits per heavy atom. The van der Waals surface area contributed by atoms with E-state index in [1.165, 1.54) is 12.1 Å². The fraction of sp³-hybridized carbons (Fsp3) is 0.467. The summed E-state index contributed by atoms with van der Waals surface area (Å²) in [7, 11) is -3.93. The number of sulfonamides is 1. The van der Waals surface area contributed by atoms with Crippen molar-refractivity contribution < 1.29 is 18.0 Å². The second kappa shape index (κ2) is 12.8. The van der Waals surface area contributed by atoms with Gasteiger partial charge in [-0.15, -0.1) is 0 Å². The molecule has 1 fully saturated rings. The Morgan fingerprint density at radius 1 is 1.18 bits per heavy atom. The van der Waals surface area contributed by atoms with E-state index in [1.807, 2.05) is 19.1 Å². The molecule has 1 aliphatic carbocycles. The molecular weight excluding hydrogens is 512 g/mol. The zero-order chi connectivity index (χ0) is 28.0. The van der Waals surface area contributed by atoms with Gasteiger partial charge in [0.25, 0.3) is 0 Å². The molecule has 9 heteroatoms. The lowest BCUT2D eigenvalue weighted by molar-refractivity contribution is -0.132. The van der Waals surface area contributed by atoms with Gasteiger partial charge < -0.3 is 16.0 Å². The van der Waals surface area contributed by atoms with Gasteiger partial charge >= 0.3 is 0 Å². The fourth-order valence-corrected chi connectivity index (χ4v) is 6.65. The highest BCUT2D eigenvalue weighted by molar-refractivity contribution is 7.89. The number of carbonyl (C=O) groups is 2. The molecule has 0 aromatic heterocycles. The van der Waals surface area contributed by atoms with Crippen molar-refractivity contribution in [3.8, 4) is 11.8 Å². The summed E-state index contributed by atoms with van der Waals surface area (Å²) in [6, 6.07) is 11.3. The molecule has 0 radical (unpaired) electrons. The van der Waals surface area contributed by atoms with Gasteiger partial charge in [0.1, 0.15) is 6.04 Å². The van der Waals surface area contributed by atoms with Gasteiger partial charge in [0, 0.05) is 18.7 Å². The number of hydrogen-bond acceptors (Lipinski definition) is 5. The van der Waals surface area contributed by atoms with Crippen molar-refractivity contribution >= 4 is 21.8 Å². The van der Waals surface area contributed by atoms with Crippen LogP contribution in [0, 0.1) is 24.7 Å². The largest absolute Gasteiger partial charge is 0.353 e. The lowest BCUT2D eigenvalue weighted by atomic mass is 9.86. The predicted molar refractivity (Wildman–Crippen MR) is 151 cm³/mol. The Bertz CT molecular complexity index is 1360. The van der Waals surface area contributed by atoms with Crippen molar-refractivity contribution in [1.82, 2.24) is 20.3 Å². The van der Waals surface area contributed by atoms with Crippen LogP contribution in [0.5, 0.6) is 0 Å². The maximum absolute atomic E-state index is 13.4. The number of aryl methyl sites for hydroxylation is 2. The van der Waals surface area contributed by atoms with Crippen molar-refractivity contribution in [2.45, 2.75) is 63.4 Å². The Kier molecular flexibility index (Phi) is 9.44. The van der Waals surface area contributed by atoms with Gasteiger partial charge in [-0.3, -0.25) is 9.59 Å². The number of rotatable bonds is 8. The molecular formula is C30H38N4O4S. The highest BCUT2D eigenvalue weighted by atomic mass is 32.2. The van der Waals surface area contributed by atoms with Gasteiger partial charge in [0.15, 0.2) is 0 Å². The number of amides is 2. The third-order valence-electron chi connectivity index (χ3n) is 7.08. The maximum Gasteiger partial charge on any atom is 0.243 e. The lowest BCUT2D eigenvalue weighted by Crippen LogP contribution is -2.58. The van der Waals surface area contributed by atoms with E-state index in [9.17, 15) is 18.0 Å². The molecule has 0 bridgehead atoms. The summed E-state index contributed by atoms with van der Waals surface area (Å²) >= 11 is 0. The van der Waals surface area contributed by atoms with Crippen molar-refractivity contribution in [3.63, 3.8) is 0 Å². The zero-order valence-corrected chi connectivity index (χ0v) is 23.7. The smallest absolute Gasteiger partial charge is 0.243 e. The van der Waals surface area contributed by atoms with Gasteiger partial charge in [-0.25, -0.2) is 8.42 Å². The molecule has 39 heavy (non-hydrogen) atoms. The highest BCUT2D eigenvalue weighted by Crippen LogP contribution is 2.31. The quantitative estimate of drug-likeness (QED) is 0.346. The third kappa shape index (κ3) is 7.27. The minimum absolute atomic E-state index is 0.114. The molecule has 2 aromatic rings. The van der Waals surface area contributed by atoms with E-state index in [4.69, 9.17) is 0 Å². The molecule has 208 valence electrons. The number of hydrogen-bond donors (Lipinski definition) is 3. The summed E-state index contributed by atoms with van der Waals surface area (Å²) in [4.78, 5) is 26.0. The lowest BCUT2D eigenvalue weighted by Gasteiger charge is -2.34. The standard InChI is InChI=1S/C30H38N4O4S/c1-21(2)20-31-15-5-6-23-11-14-26-24(18-23)7-4-8-27(26)33-29(35)19-28-30(36)32-16-17-34(28)39(37,38)25-12-9-22(3)10-13-25/h9-14,18,21,27-28,31H,4,7-8,15-17,19-20H2,1-3H3,(H,32,36)(H,33,35)/t27-,28?/m1/s1. The Balaban J connectivity index is 1.43. The van der Waals surface area contributed by atoms with Gasteiger partial charge in [-0.05, 0) is 74.0 Å². The molecule has 2 aromatic carbocycles. The van der Waals surface area contributed by atoms with Crippen molar-refractivity contribution in [2.75, 3.05) is 26.2 Å². The van der Waals surface area contributed by atoms with Crippen molar-refractivity contribution in [2.24, 2.45) is 5.92 Å². The van der Waals surface area contributed by atoms with Crippen LogP contribution in [0.2, 0.25) is 0 Å². The molecule has 0 spiro atoms. The van der Waals surface area contributed by atoms with Crippen LogP contribution in [-0.4, -0.2) is 56.8 Å². The Morgan fingerprint density at radius 3 is 2.69 bits per heavy atom.